The van der Waals surface area contributed by atoms with Gasteiger partial charge in [-0.15, -0.1) is 5.10 Å². The molecule has 0 saturated heterocycles. The molecule has 27 heavy (non-hydrogen) atoms. The van der Waals surface area contributed by atoms with E-state index in [9.17, 15) is 9.18 Å². The Kier molecular flexibility index (Phi) is 6.57. The van der Waals surface area contributed by atoms with Crippen LogP contribution in [0.2, 0.25) is 0 Å². The van der Waals surface area contributed by atoms with Gasteiger partial charge < -0.3 is 4.74 Å². The Morgan fingerprint density at radius 2 is 2.04 bits per heavy atom. The number of thioether (sulfide) groups is 1. The van der Waals surface area contributed by atoms with Gasteiger partial charge in [0.25, 0.3) is 0 Å². The van der Waals surface area contributed by atoms with Crippen LogP contribution in [0.1, 0.15) is 10.4 Å². The predicted octanol–water partition coefficient (Wildman–Crippen LogP) is 3.52. The minimum absolute atomic E-state index is 0.0758. The molecule has 0 fully saturated rings. The SMILES string of the molecule is O=C(OCC#CCSc1nnnn1-c1ccc(Br)cc1)c1cccc(F)c1. The van der Waals surface area contributed by atoms with Gasteiger partial charge in [0.15, 0.2) is 6.61 Å². The molecule has 0 amide bonds. The maximum absolute atomic E-state index is 13.1. The second-order valence-electron chi connectivity index (χ2n) is 5.08. The van der Waals surface area contributed by atoms with Crippen molar-refractivity contribution in [2.45, 2.75) is 5.16 Å². The van der Waals surface area contributed by atoms with Crippen molar-refractivity contribution >= 4 is 33.7 Å². The molecule has 0 saturated carbocycles. The fourth-order valence-electron chi connectivity index (χ4n) is 2.02. The quantitative estimate of drug-likeness (QED) is 0.339. The lowest BCUT2D eigenvalue weighted by atomic mass is 10.2. The number of esters is 1. The van der Waals surface area contributed by atoms with Crippen LogP contribution < -0.4 is 0 Å². The number of rotatable bonds is 5. The van der Waals surface area contributed by atoms with Crippen LogP contribution in [0.5, 0.6) is 0 Å². The van der Waals surface area contributed by atoms with E-state index in [1.165, 1.54) is 30.0 Å². The number of nitrogens with zero attached hydrogens (tertiary/aromatic N) is 4. The van der Waals surface area contributed by atoms with Crippen molar-refractivity contribution in [3.63, 3.8) is 0 Å². The summed E-state index contributed by atoms with van der Waals surface area (Å²) in [6, 6.07) is 12.9. The van der Waals surface area contributed by atoms with Crippen LogP contribution in [0.4, 0.5) is 4.39 Å². The van der Waals surface area contributed by atoms with Crippen molar-refractivity contribution in [3.05, 3.63) is 64.4 Å². The summed E-state index contributed by atoms with van der Waals surface area (Å²) in [7, 11) is 0. The normalized spacial score (nSPS) is 10.1. The van der Waals surface area contributed by atoms with E-state index in [4.69, 9.17) is 4.74 Å². The molecule has 1 aromatic heterocycles. The van der Waals surface area contributed by atoms with E-state index in [-0.39, 0.29) is 12.2 Å². The number of tetrazole rings is 1. The van der Waals surface area contributed by atoms with Crippen LogP contribution in [-0.4, -0.2) is 38.5 Å². The molecule has 0 spiro atoms. The zero-order chi connectivity index (χ0) is 19.1. The first-order valence-electron chi connectivity index (χ1n) is 7.69. The van der Waals surface area contributed by atoms with E-state index in [0.717, 1.165) is 16.2 Å². The summed E-state index contributed by atoms with van der Waals surface area (Å²) in [6.07, 6.45) is 0. The molecular formula is C18H12BrFN4O2S. The van der Waals surface area contributed by atoms with Gasteiger partial charge >= 0.3 is 5.97 Å². The highest BCUT2D eigenvalue weighted by Gasteiger charge is 2.08. The Hall–Kier alpha value is -2.70. The molecule has 0 aliphatic rings. The van der Waals surface area contributed by atoms with E-state index in [0.29, 0.717) is 10.9 Å². The number of hydrogen-bond donors (Lipinski definition) is 0. The molecular weight excluding hydrogens is 435 g/mol. The molecule has 6 nitrogen and oxygen atoms in total. The molecule has 0 aliphatic carbocycles. The van der Waals surface area contributed by atoms with Crippen LogP contribution in [0.15, 0.2) is 58.2 Å². The van der Waals surface area contributed by atoms with Crippen molar-refractivity contribution in [1.29, 1.82) is 0 Å². The molecule has 3 rings (SSSR count). The van der Waals surface area contributed by atoms with Gasteiger partial charge in [0, 0.05) is 4.47 Å². The van der Waals surface area contributed by atoms with E-state index in [1.807, 2.05) is 24.3 Å². The zero-order valence-corrected chi connectivity index (χ0v) is 16.2. The molecule has 0 unspecified atom stereocenters. The average Bonchev–Trinajstić information content (AvgIpc) is 3.13. The number of benzene rings is 2. The van der Waals surface area contributed by atoms with Crippen molar-refractivity contribution in [1.82, 2.24) is 20.2 Å². The van der Waals surface area contributed by atoms with Crippen molar-refractivity contribution in [3.8, 4) is 17.5 Å². The highest BCUT2D eigenvalue weighted by Crippen LogP contribution is 2.19. The van der Waals surface area contributed by atoms with Gasteiger partial charge in [-0.05, 0) is 52.9 Å². The minimum atomic E-state index is -0.615. The molecule has 1 heterocycles. The number of halogens is 2. The largest absolute Gasteiger partial charge is 0.449 e. The zero-order valence-electron chi connectivity index (χ0n) is 13.8. The molecule has 9 heteroatoms. The van der Waals surface area contributed by atoms with Gasteiger partial charge in [0.2, 0.25) is 5.16 Å². The first kappa shape index (κ1) is 19.1. The number of carbonyl (C=O) groups excluding carboxylic acids is 1. The van der Waals surface area contributed by atoms with Crippen LogP contribution >= 0.6 is 27.7 Å². The Labute approximate surface area is 167 Å². The van der Waals surface area contributed by atoms with Crippen LogP contribution in [0.25, 0.3) is 5.69 Å². The number of hydrogen-bond acceptors (Lipinski definition) is 6. The maximum atomic E-state index is 13.1. The fraction of sp³-hybridized carbons (Fsp3) is 0.111. The molecule has 3 aromatic rings. The third kappa shape index (κ3) is 5.39. The molecule has 0 atom stereocenters. The van der Waals surface area contributed by atoms with Gasteiger partial charge in [-0.2, -0.15) is 4.68 Å². The highest BCUT2D eigenvalue weighted by molar-refractivity contribution is 9.10. The lowest BCUT2D eigenvalue weighted by Gasteiger charge is -2.02. The topological polar surface area (TPSA) is 69.9 Å². The molecule has 136 valence electrons. The van der Waals surface area contributed by atoms with E-state index >= 15 is 0 Å². The summed E-state index contributed by atoms with van der Waals surface area (Å²) in [5, 5.41) is 12.2. The van der Waals surface area contributed by atoms with Crippen LogP contribution in [0, 0.1) is 17.7 Å². The summed E-state index contributed by atoms with van der Waals surface area (Å²) in [5.74, 6) is 4.93. The third-order valence-electron chi connectivity index (χ3n) is 3.25. The number of ether oxygens (including phenoxy) is 1. The van der Waals surface area contributed by atoms with Gasteiger partial charge in [-0.3, -0.25) is 0 Å². The monoisotopic (exact) mass is 446 g/mol. The fourth-order valence-corrected chi connectivity index (χ4v) is 2.94. The van der Waals surface area contributed by atoms with Crippen molar-refractivity contribution < 1.29 is 13.9 Å². The minimum Gasteiger partial charge on any atom is -0.449 e. The van der Waals surface area contributed by atoms with Gasteiger partial charge in [-0.1, -0.05) is 45.6 Å². The van der Waals surface area contributed by atoms with Gasteiger partial charge in [0.1, 0.15) is 5.82 Å². The van der Waals surface area contributed by atoms with Crippen LogP contribution in [0.3, 0.4) is 0 Å². The smallest absolute Gasteiger partial charge is 0.339 e. The second-order valence-corrected chi connectivity index (χ2v) is 6.94. The van der Waals surface area contributed by atoms with E-state index in [2.05, 4.69) is 43.3 Å². The Balaban J connectivity index is 1.49. The maximum Gasteiger partial charge on any atom is 0.339 e. The summed E-state index contributed by atoms with van der Waals surface area (Å²) in [4.78, 5) is 11.7. The van der Waals surface area contributed by atoms with Crippen molar-refractivity contribution in [2.24, 2.45) is 0 Å². The summed E-state index contributed by atoms with van der Waals surface area (Å²) < 4.78 is 20.6. The summed E-state index contributed by atoms with van der Waals surface area (Å²) in [6.45, 7) is -0.0758. The van der Waals surface area contributed by atoms with E-state index in [1.54, 1.807) is 4.68 Å². The van der Waals surface area contributed by atoms with Gasteiger partial charge in [0.05, 0.1) is 17.0 Å². The standard InChI is InChI=1S/C18H12BrFN4O2S/c19-14-6-8-16(9-7-14)24-18(21-22-23-24)27-11-2-1-10-26-17(25)13-4-3-5-15(20)12-13/h3-9,12H,10-11H2. The Morgan fingerprint density at radius 1 is 1.22 bits per heavy atom. The lowest BCUT2D eigenvalue weighted by molar-refractivity contribution is 0.0556. The average molecular weight is 447 g/mol. The molecule has 0 radical (unpaired) electrons. The molecule has 0 aliphatic heterocycles. The Morgan fingerprint density at radius 3 is 2.81 bits per heavy atom. The number of carbonyl (C=O) groups is 1. The third-order valence-corrected chi connectivity index (χ3v) is 4.58. The molecule has 0 bridgehead atoms. The first-order valence-corrected chi connectivity index (χ1v) is 9.47. The second kappa shape index (κ2) is 9.30. The van der Waals surface area contributed by atoms with E-state index < -0.39 is 11.8 Å². The Bertz CT molecular complexity index is 998. The van der Waals surface area contributed by atoms with Crippen molar-refractivity contribution in [2.75, 3.05) is 12.4 Å². The van der Waals surface area contributed by atoms with Gasteiger partial charge in [-0.25, -0.2) is 9.18 Å². The lowest BCUT2D eigenvalue weighted by Crippen LogP contribution is -2.05. The molecule has 2 aromatic carbocycles. The number of aromatic nitrogens is 4. The summed E-state index contributed by atoms with van der Waals surface area (Å²) in [5.41, 5.74) is 0.988. The summed E-state index contributed by atoms with van der Waals surface area (Å²) >= 11 is 4.74. The molecule has 0 N–H and O–H groups in total. The van der Waals surface area contributed by atoms with Crippen LogP contribution in [-0.2, 0) is 4.74 Å². The predicted molar refractivity (Wildman–Crippen MR) is 102 cm³/mol. The highest BCUT2D eigenvalue weighted by atomic mass is 79.9. The first-order chi connectivity index (χ1) is 13.1.